The number of aliphatic hydroxyl groups is 1. The molecule has 0 radical (unpaired) electrons. The Morgan fingerprint density at radius 3 is 2.71 bits per heavy atom. The number of rotatable bonds is 4. The number of aliphatic hydroxyl groups excluding tert-OH is 1. The van der Waals surface area contributed by atoms with Gasteiger partial charge in [0.25, 0.3) is 5.91 Å². The van der Waals surface area contributed by atoms with Crippen LogP contribution in [0.5, 0.6) is 0 Å². The van der Waals surface area contributed by atoms with Gasteiger partial charge >= 0.3 is 0 Å². The number of carbonyl (C=O) groups is 1. The zero-order chi connectivity index (χ0) is 13.0. The molecular weight excluding hydrogens is 236 g/mol. The summed E-state index contributed by atoms with van der Waals surface area (Å²) in [6.45, 7) is 1.97. The second-order valence-electron chi connectivity index (χ2n) is 4.07. The average Bonchev–Trinajstić information content (AvgIpc) is 2.28. The summed E-state index contributed by atoms with van der Waals surface area (Å²) in [5, 5.41) is 9.09. The molecule has 0 bridgehead atoms. The second-order valence-corrected chi connectivity index (χ2v) is 5.55. The van der Waals surface area contributed by atoms with E-state index in [2.05, 4.69) is 0 Å². The lowest BCUT2D eigenvalue weighted by Gasteiger charge is -2.16. The summed E-state index contributed by atoms with van der Waals surface area (Å²) in [5.41, 5.74) is 6.96. The third-order valence-electron chi connectivity index (χ3n) is 2.23. The van der Waals surface area contributed by atoms with E-state index in [0.29, 0.717) is 11.3 Å². The molecule has 0 aliphatic rings. The van der Waals surface area contributed by atoms with Gasteiger partial charge in [0.2, 0.25) is 0 Å². The minimum atomic E-state index is -0.0577. The van der Waals surface area contributed by atoms with E-state index in [-0.39, 0.29) is 17.8 Å². The predicted molar refractivity (Wildman–Crippen MR) is 71.3 cm³/mol. The molecule has 0 aliphatic carbocycles. The van der Waals surface area contributed by atoms with E-state index in [1.54, 1.807) is 32.3 Å². The maximum Gasteiger partial charge on any atom is 0.254 e. The Kier molecular flexibility index (Phi) is 4.84. The zero-order valence-corrected chi connectivity index (χ0v) is 11.1. The summed E-state index contributed by atoms with van der Waals surface area (Å²) in [6, 6.07) is 5.21. The van der Waals surface area contributed by atoms with Crippen LogP contribution in [0.15, 0.2) is 23.1 Å². The molecule has 1 rings (SSSR count). The number of hydrogen-bond acceptors (Lipinski definition) is 4. The van der Waals surface area contributed by atoms with E-state index in [1.165, 1.54) is 16.7 Å². The molecule has 1 amide bonds. The molecule has 0 saturated carbocycles. The number of anilines is 1. The summed E-state index contributed by atoms with van der Waals surface area (Å²) < 4.78 is 0. The van der Waals surface area contributed by atoms with Gasteiger partial charge < -0.3 is 15.7 Å². The van der Waals surface area contributed by atoms with E-state index in [9.17, 15) is 4.79 Å². The number of carbonyl (C=O) groups excluding carboxylic acids is 1. The first kappa shape index (κ1) is 13.9. The van der Waals surface area contributed by atoms with Crippen molar-refractivity contribution in [1.29, 1.82) is 0 Å². The van der Waals surface area contributed by atoms with Crippen molar-refractivity contribution in [2.75, 3.05) is 26.4 Å². The molecule has 1 unspecified atom stereocenters. The number of nitrogen functional groups attached to an aromatic ring is 1. The van der Waals surface area contributed by atoms with Crippen LogP contribution in [0.2, 0.25) is 0 Å². The molecule has 5 heteroatoms. The van der Waals surface area contributed by atoms with Gasteiger partial charge in [-0.25, -0.2) is 0 Å². The standard InChI is InChI=1S/C12H18N2O2S/c1-8(7-15)17-11-6-9(13)4-5-10(11)12(16)14(2)3/h4-6,8,15H,7,13H2,1-3H3. The Bertz CT molecular complexity index is 407. The summed E-state index contributed by atoms with van der Waals surface area (Å²) in [5.74, 6) is -0.0577. The summed E-state index contributed by atoms with van der Waals surface area (Å²) >= 11 is 1.45. The fourth-order valence-electron chi connectivity index (χ4n) is 1.31. The van der Waals surface area contributed by atoms with Gasteiger partial charge in [0.1, 0.15) is 0 Å². The van der Waals surface area contributed by atoms with E-state index in [4.69, 9.17) is 10.8 Å². The number of amides is 1. The number of benzene rings is 1. The molecule has 0 heterocycles. The fraction of sp³-hybridized carbons (Fsp3) is 0.417. The van der Waals surface area contributed by atoms with Crippen molar-refractivity contribution < 1.29 is 9.90 Å². The van der Waals surface area contributed by atoms with Gasteiger partial charge in [0.15, 0.2) is 0 Å². The van der Waals surface area contributed by atoms with Gasteiger partial charge in [-0.15, -0.1) is 11.8 Å². The van der Waals surface area contributed by atoms with Crippen molar-refractivity contribution in [3.63, 3.8) is 0 Å². The normalized spacial score (nSPS) is 12.2. The first-order valence-electron chi connectivity index (χ1n) is 5.34. The smallest absolute Gasteiger partial charge is 0.254 e. The van der Waals surface area contributed by atoms with E-state index >= 15 is 0 Å². The second kappa shape index (κ2) is 5.93. The van der Waals surface area contributed by atoms with Crippen molar-refractivity contribution >= 4 is 23.4 Å². The third-order valence-corrected chi connectivity index (χ3v) is 3.37. The highest BCUT2D eigenvalue weighted by Gasteiger charge is 2.15. The highest BCUT2D eigenvalue weighted by molar-refractivity contribution is 8.00. The van der Waals surface area contributed by atoms with Crippen LogP contribution in [0.1, 0.15) is 17.3 Å². The van der Waals surface area contributed by atoms with Crippen LogP contribution in [0.4, 0.5) is 5.69 Å². The van der Waals surface area contributed by atoms with Crippen LogP contribution in [0.3, 0.4) is 0 Å². The average molecular weight is 254 g/mol. The minimum absolute atomic E-state index is 0.0329. The van der Waals surface area contributed by atoms with Gasteiger partial charge in [-0.3, -0.25) is 4.79 Å². The van der Waals surface area contributed by atoms with Gasteiger partial charge in [-0.05, 0) is 18.2 Å². The summed E-state index contributed by atoms with van der Waals surface area (Å²) in [7, 11) is 3.42. The first-order chi connectivity index (χ1) is 7.95. The predicted octanol–water partition coefficient (Wildman–Crippen LogP) is 1.44. The number of nitrogens with zero attached hydrogens (tertiary/aromatic N) is 1. The molecule has 0 aromatic heterocycles. The Morgan fingerprint density at radius 2 is 2.18 bits per heavy atom. The molecule has 94 valence electrons. The van der Waals surface area contributed by atoms with Crippen molar-refractivity contribution in [2.45, 2.75) is 17.1 Å². The van der Waals surface area contributed by atoms with Crippen LogP contribution in [-0.4, -0.2) is 41.9 Å². The van der Waals surface area contributed by atoms with Crippen LogP contribution >= 0.6 is 11.8 Å². The van der Waals surface area contributed by atoms with Crippen LogP contribution < -0.4 is 5.73 Å². The van der Waals surface area contributed by atoms with E-state index < -0.39 is 0 Å². The highest BCUT2D eigenvalue weighted by Crippen LogP contribution is 2.29. The van der Waals surface area contributed by atoms with Crippen molar-refractivity contribution in [2.24, 2.45) is 0 Å². The van der Waals surface area contributed by atoms with Crippen molar-refractivity contribution in [3.8, 4) is 0 Å². The molecule has 0 saturated heterocycles. The lowest BCUT2D eigenvalue weighted by molar-refractivity contribution is 0.0824. The first-order valence-corrected chi connectivity index (χ1v) is 6.22. The Hall–Kier alpha value is -1.20. The number of thioether (sulfide) groups is 1. The van der Waals surface area contributed by atoms with Crippen LogP contribution in [-0.2, 0) is 0 Å². The molecule has 0 fully saturated rings. The van der Waals surface area contributed by atoms with E-state index in [1.807, 2.05) is 6.92 Å². The van der Waals surface area contributed by atoms with Crippen molar-refractivity contribution in [1.82, 2.24) is 4.90 Å². The van der Waals surface area contributed by atoms with Gasteiger partial charge in [-0.1, -0.05) is 6.92 Å². The molecule has 17 heavy (non-hydrogen) atoms. The zero-order valence-electron chi connectivity index (χ0n) is 10.3. The maximum atomic E-state index is 12.0. The van der Waals surface area contributed by atoms with Gasteiger partial charge in [0.05, 0.1) is 12.2 Å². The summed E-state index contributed by atoms with van der Waals surface area (Å²) in [4.78, 5) is 14.3. The minimum Gasteiger partial charge on any atom is -0.399 e. The summed E-state index contributed by atoms with van der Waals surface area (Å²) in [6.07, 6.45) is 0. The quantitative estimate of drug-likeness (QED) is 0.630. The molecule has 4 nitrogen and oxygen atoms in total. The lowest BCUT2D eigenvalue weighted by Crippen LogP contribution is -2.22. The largest absolute Gasteiger partial charge is 0.399 e. The van der Waals surface area contributed by atoms with Gasteiger partial charge in [0, 0.05) is 29.9 Å². The molecular formula is C12H18N2O2S. The maximum absolute atomic E-state index is 12.0. The molecule has 0 aliphatic heterocycles. The Labute approximate surface area is 106 Å². The highest BCUT2D eigenvalue weighted by atomic mass is 32.2. The molecule has 1 aromatic carbocycles. The fourth-order valence-corrected chi connectivity index (χ4v) is 2.30. The van der Waals surface area contributed by atoms with Crippen molar-refractivity contribution in [3.05, 3.63) is 23.8 Å². The van der Waals surface area contributed by atoms with Gasteiger partial charge in [-0.2, -0.15) is 0 Å². The SMILES string of the molecule is CC(CO)Sc1cc(N)ccc1C(=O)N(C)C. The van der Waals surface area contributed by atoms with Crippen LogP contribution in [0, 0.1) is 0 Å². The topological polar surface area (TPSA) is 66.6 Å². The molecule has 1 aromatic rings. The Balaban J connectivity index is 3.07. The lowest BCUT2D eigenvalue weighted by atomic mass is 10.2. The molecule has 1 atom stereocenters. The number of nitrogens with two attached hydrogens (primary N) is 1. The number of hydrogen-bond donors (Lipinski definition) is 2. The molecule has 0 spiro atoms. The third kappa shape index (κ3) is 3.64. The molecule has 3 N–H and O–H groups in total. The van der Waals surface area contributed by atoms with Crippen LogP contribution in [0.25, 0.3) is 0 Å². The monoisotopic (exact) mass is 254 g/mol. The Morgan fingerprint density at radius 1 is 1.53 bits per heavy atom. The van der Waals surface area contributed by atoms with E-state index in [0.717, 1.165) is 4.90 Å².